The maximum atomic E-state index is 5.86. The number of ether oxygens (including phenoxy) is 2. The van der Waals surface area contributed by atoms with Gasteiger partial charge in [0.25, 0.3) is 0 Å². The Balaban J connectivity index is 2.07. The Bertz CT molecular complexity index is 395. The fourth-order valence-corrected chi connectivity index (χ4v) is 3.31. The molecule has 1 aliphatic rings. The van der Waals surface area contributed by atoms with Crippen LogP contribution in [0.2, 0.25) is 0 Å². The maximum Gasteiger partial charge on any atom is 0.124 e. The molecular weight excluding hydrogens is 262 g/mol. The Kier molecular flexibility index (Phi) is 5.72. The van der Waals surface area contributed by atoms with Crippen LogP contribution in [0.25, 0.3) is 0 Å². The summed E-state index contributed by atoms with van der Waals surface area (Å²) in [6, 6.07) is 0. The van der Waals surface area contributed by atoms with Crippen molar-refractivity contribution in [2.45, 2.75) is 32.6 Å². The SMILES string of the molecule is CCCN1CCOC(c2nc(COC)c(CN)s2)C1. The Morgan fingerprint density at radius 3 is 3.11 bits per heavy atom. The second-order valence-electron chi connectivity index (χ2n) is 4.72. The standard InChI is InChI=1S/C13H23N3O2S/c1-3-4-16-5-6-18-11(8-16)13-15-10(9-17-2)12(7-14)19-13/h11H,3-9,14H2,1-2H3. The monoisotopic (exact) mass is 285 g/mol. The fourth-order valence-electron chi connectivity index (χ4n) is 2.32. The highest BCUT2D eigenvalue weighted by molar-refractivity contribution is 7.11. The second kappa shape index (κ2) is 7.31. The molecule has 2 N–H and O–H groups in total. The first-order chi connectivity index (χ1) is 9.28. The van der Waals surface area contributed by atoms with E-state index < -0.39 is 0 Å². The summed E-state index contributed by atoms with van der Waals surface area (Å²) in [7, 11) is 1.68. The lowest BCUT2D eigenvalue weighted by atomic mass is 10.2. The summed E-state index contributed by atoms with van der Waals surface area (Å²) in [6.07, 6.45) is 1.26. The van der Waals surface area contributed by atoms with E-state index in [9.17, 15) is 0 Å². The van der Waals surface area contributed by atoms with Gasteiger partial charge in [-0.05, 0) is 13.0 Å². The van der Waals surface area contributed by atoms with E-state index in [1.165, 1.54) is 6.42 Å². The third-order valence-electron chi connectivity index (χ3n) is 3.23. The van der Waals surface area contributed by atoms with Crippen LogP contribution in [-0.4, -0.2) is 43.2 Å². The van der Waals surface area contributed by atoms with Crippen molar-refractivity contribution in [3.63, 3.8) is 0 Å². The normalized spacial score (nSPS) is 20.9. The quantitative estimate of drug-likeness (QED) is 0.859. The lowest BCUT2D eigenvalue weighted by molar-refractivity contribution is -0.0300. The molecule has 2 rings (SSSR count). The van der Waals surface area contributed by atoms with Gasteiger partial charge in [0, 0.05) is 31.6 Å². The largest absolute Gasteiger partial charge is 0.378 e. The van der Waals surface area contributed by atoms with Gasteiger partial charge in [-0.15, -0.1) is 11.3 Å². The van der Waals surface area contributed by atoms with Crippen molar-refractivity contribution in [3.8, 4) is 0 Å². The van der Waals surface area contributed by atoms with E-state index >= 15 is 0 Å². The number of nitrogens with zero attached hydrogens (tertiary/aromatic N) is 2. The van der Waals surface area contributed by atoms with E-state index in [0.29, 0.717) is 13.2 Å². The van der Waals surface area contributed by atoms with E-state index in [1.807, 2.05) is 0 Å². The van der Waals surface area contributed by atoms with Crippen LogP contribution in [0.4, 0.5) is 0 Å². The van der Waals surface area contributed by atoms with Crippen molar-refractivity contribution < 1.29 is 9.47 Å². The first kappa shape index (κ1) is 14.9. The summed E-state index contributed by atoms with van der Waals surface area (Å²) in [6.45, 7) is 7.09. The number of nitrogens with two attached hydrogens (primary N) is 1. The van der Waals surface area contributed by atoms with Gasteiger partial charge in [-0.25, -0.2) is 4.98 Å². The number of hydrogen-bond acceptors (Lipinski definition) is 6. The van der Waals surface area contributed by atoms with Crippen LogP contribution < -0.4 is 5.73 Å². The molecule has 1 unspecified atom stereocenters. The maximum absolute atomic E-state index is 5.86. The van der Waals surface area contributed by atoms with Crippen LogP contribution >= 0.6 is 11.3 Å². The zero-order chi connectivity index (χ0) is 13.7. The van der Waals surface area contributed by atoms with Gasteiger partial charge in [0.2, 0.25) is 0 Å². The highest BCUT2D eigenvalue weighted by atomic mass is 32.1. The molecule has 1 saturated heterocycles. The van der Waals surface area contributed by atoms with Gasteiger partial charge in [0.05, 0.1) is 18.9 Å². The molecule has 1 aromatic heterocycles. The average molecular weight is 285 g/mol. The Labute approximate surface area is 118 Å². The zero-order valence-corrected chi connectivity index (χ0v) is 12.5. The number of rotatable bonds is 6. The van der Waals surface area contributed by atoms with Crippen molar-refractivity contribution in [1.29, 1.82) is 0 Å². The molecular formula is C13H23N3O2S. The van der Waals surface area contributed by atoms with Crippen molar-refractivity contribution in [2.24, 2.45) is 5.73 Å². The van der Waals surface area contributed by atoms with Crippen LogP contribution in [0.1, 0.15) is 35.0 Å². The molecule has 2 heterocycles. The fraction of sp³-hybridized carbons (Fsp3) is 0.769. The molecule has 108 valence electrons. The van der Waals surface area contributed by atoms with E-state index in [2.05, 4.69) is 16.8 Å². The van der Waals surface area contributed by atoms with Gasteiger partial charge in [0.15, 0.2) is 0 Å². The van der Waals surface area contributed by atoms with E-state index in [4.69, 9.17) is 15.2 Å². The molecule has 6 heteroatoms. The van der Waals surface area contributed by atoms with Gasteiger partial charge < -0.3 is 15.2 Å². The second-order valence-corrected chi connectivity index (χ2v) is 5.83. The minimum atomic E-state index is 0.0845. The van der Waals surface area contributed by atoms with E-state index in [1.54, 1.807) is 18.4 Å². The minimum absolute atomic E-state index is 0.0845. The van der Waals surface area contributed by atoms with Crippen LogP contribution in [-0.2, 0) is 22.6 Å². The highest BCUT2D eigenvalue weighted by Crippen LogP contribution is 2.29. The van der Waals surface area contributed by atoms with Gasteiger partial charge in [-0.2, -0.15) is 0 Å². The van der Waals surface area contributed by atoms with Gasteiger partial charge >= 0.3 is 0 Å². The first-order valence-electron chi connectivity index (χ1n) is 6.79. The molecule has 5 nitrogen and oxygen atoms in total. The van der Waals surface area contributed by atoms with Crippen molar-refractivity contribution in [1.82, 2.24) is 9.88 Å². The number of morpholine rings is 1. The van der Waals surface area contributed by atoms with Crippen molar-refractivity contribution >= 4 is 11.3 Å². The van der Waals surface area contributed by atoms with Gasteiger partial charge in [-0.1, -0.05) is 6.92 Å². The topological polar surface area (TPSA) is 60.6 Å². The van der Waals surface area contributed by atoms with Crippen LogP contribution in [0, 0.1) is 0 Å². The third kappa shape index (κ3) is 3.73. The van der Waals surface area contributed by atoms with Crippen molar-refractivity contribution in [3.05, 3.63) is 15.6 Å². The molecule has 0 aliphatic carbocycles. The van der Waals surface area contributed by atoms with Crippen LogP contribution in [0.3, 0.4) is 0 Å². The van der Waals surface area contributed by atoms with E-state index in [-0.39, 0.29) is 6.10 Å². The molecule has 0 amide bonds. The summed E-state index contributed by atoms with van der Waals surface area (Å²) in [5.74, 6) is 0. The number of aromatic nitrogens is 1. The third-order valence-corrected chi connectivity index (χ3v) is 4.44. The highest BCUT2D eigenvalue weighted by Gasteiger charge is 2.25. The first-order valence-corrected chi connectivity index (χ1v) is 7.61. The molecule has 1 atom stereocenters. The lowest BCUT2D eigenvalue weighted by Gasteiger charge is -2.31. The molecule has 0 spiro atoms. The van der Waals surface area contributed by atoms with E-state index in [0.717, 1.165) is 41.8 Å². The summed E-state index contributed by atoms with van der Waals surface area (Å²) in [4.78, 5) is 8.19. The molecule has 0 radical (unpaired) electrons. The minimum Gasteiger partial charge on any atom is -0.378 e. The molecule has 19 heavy (non-hydrogen) atoms. The molecule has 1 aliphatic heterocycles. The van der Waals surface area contributed by atoms with Crippen LogP contribution in [0.5, 0.6) is 0 Å². The lowest BCUT2D eigenvalue weighted by Crippen LogP contribution is -2.38. The van der Waals surface area contributed by atoms with Crippen molar-refractivity contribution in [2.75, 3.05) is 33.4 Å². The Hall–Kier alpha value is -0.530. The Morgan fingerprint density at radius 1 is 1.58 bits per heavy atom. The summed E-state index contributed by atoms with van der Waals surface area (Å²) in [5.41, 5.74) is 6.72. The number of thiazole rings is 1. The average Bonchev–Trinajstić information content (AvgIpc) is 2.83. The molecule has 0 saturated carbocycles. The van der Waals surface area contributed by atoms with Gasteiger partial charge in [-0.3, -0.25) is 4.90 Å². The molecule has 0 aromatic carbocycles. The zero-order valence-electron chi connectivity index (χ0n) is 11.7. The molecule has 1 aromatic rings. The molecule has 0 bridgehead atoms. The number of methoxy groups -OCH3 is 1. The molecule has 1 fully saturated rings. The van der Waals surface area contributed by atoms with Gasteiger partial charge in [0.1, 0.15) is 11.1 Å². The summed E-state index contributed by atoms with van der Waals surface area (Å²) < 4.78 is 11.0. The smallest absolute Gasteiger partial charge is 0.124 e. The Morgan fingerprint density at radius 2 is 2.42 bits per heavy atom. The predicted octanol–water partition coefficient (Wildman–Crippen LogP) is 1.53. The number of hydrogen-bond donors (Lipinski definition) is 1. The summed E-state index contributed by atoms with van der Waals surface area (Å²) in [5, 5.41) is 1.04. The summed E-state index contributed by atoms with van der Waals surface area (Å²) >= 11 is 1.66. The van der Waals surface area contributed by atoms with Crippen LogP contribution in [0.15, 0.2) is 0 Å². The predicted molar refractivity (Wildman–Crippen MR) is 76.1 cm³/mol.